The molecule has 0 radical (unpaired) electrons. The van der Waals surface area contributed by atoms with E-state index in [1.807, 2.05) is 12.3 Å². The first-order chi connectivity index (χ1) is 10.2. The number of nitrogens with zero attached hydrogens (tertiary/aromatic N) is 2. The molecule has 0 aliphatic heterocycles. The topological polar surface area (TPSA) is 54.5 Å². The number of aromatic nitrogens is 1. The fourth-order valence-corrected chi connectivity index (χ4v) is 2.81. The lowest BCUT2D eigenvalue weighted by Crippen LogP contribution is -2.29. The molecule has 0 bridgehead atoms. The molecule has 120 valence electrons. The van der Waals surface area contributed by atoms with E-state index < -0.39 is 0 Å². The van der Waals surface area contributed by atoms with Crippen molar-refractivity contribution in [3.63, 3.8) is 0 Å². The molecule has 6 heteroatoms. The van der Waals surface area contributed by atoms with Gasteiger partial charge in [-0.2, -0.15) is 0 Å². The van der Waals surface area contributed by atoms with Gasteiger partial charge in [0, 0.05) is 24.9 Å². The lowest BCUT2D eigenvalue weighted by atomic mass is 10.2. The Hall–Kier alpha value is -1.14. The minimum Gasteiger partial charge on any atom is -0.466 e. The van der Waals surface area contributed by atoms with Gasteiger partial charge in [-0.25, -0.2) is 4.98 Å². The van der Waals surface area contributed by atoms with Crippen molar-refractivity contribution in [2.24, 2.45) is 0 Å². The SMILES string of the molecule is CCCN(CC)CCNc1nc(CCC(=O)OCC)cs1. The molecule has 0 saturated heterocycles. The van der Waals surface area contributed by atoms with Gasteiger partial charge in [0.15, 0.2) is 5.13 Å². The Labute approximate surface area is 131 Å². The van der Waals surface area contributed by atoms with Crippen LogP contribution in [0, 0.1) is 0 Å². The lowest BCUT2D eigenvalue weighted by molar-refractivity contribution is -0.143. The minimum atomic E-state index is -0.154. The number of ether oxygens (including phenoxy) is 1. The summed E-state index contributed by atoms with van der Waals surface area (Å²) in [5.41, 5.74) is 0.955. The van der Waals surface area contributed by atoms with E-state index in [-0.39, 0.29) is 5.97 Å². The van der Waals surface area contributed by atoms with Crippen molar-refractivity contribution in [3.8, 4) is 0 Å². The van der Waals surface area contributed by atoms with Crippen LogP contribution in [-0.2, 0) is 16.0 Å². The van der Waals surface area contributed by atoms with E-state index >= 15 is 0 Å². The molecule has 1 aromatic heterocycles. The summed E-state index contributed by atoms with van der Waals surface area (Å²) in [6.07, 6.45) is 2.23. The van der Waals surface area contributed by atoms with Crippen LogP contribution in [0.25, 0.3) is 0 Å². The first-order valence-corrected chi connectivity index (χ1v) is 8.63. The number of rotatable bonds is 11. The second kappa shape index (κ2) is 10.6. The third-order valence-corrected chi connectivity index (χ3v) is 3.98. The fraction of sp³-hybridized carbons (Fsp3) is 0.733. The summed E-state index contributed by atoms with van der Waals surface area (Å²) in [4.78, 5) is 18.2. The smallest absolute Gasteiger partial charge is 0.306 e. The van der Waals surface area contributed by atoms with E-state index in [1.54, 1.807) is 11.3 Å². The Morgan fingerprint density at radius 2 is 2.19 bits per heavy atom. The van der Waals surface area contributed by atoms with Gasteiger partial charge in [-0.05, 0) is 26.4 Å². The molecule has 1 N–H and O–H groups in total. The van der Waals surface area contributed by atoms with E-state index in [2.05, 4.69) is 29.0 Å². The van der Waals surface area contributed by atoms with Crippen LogP contribution in [0.2, 0.25) is 0 Å². The minimum absolute atomic E-state index is 0.154. The quantitative estimate of drug-likeness (QED) is 0.637. The van der Waals surface area contributed by atoms with Gasteiger partial charge < -0.3 is 15.0 Å². The zero-order valence-corrected chi connectivity index (χ0v) is 14.2. The maximum absolute atomic E-state index is 11.3. The summed E-state index contributed by atoms with van der Waals surface area (Å²) in [5, 5.41) is 6.29. The van der Waals surface area contributed by atoms with Crippen LogP contribution >= 0.6 is 11.3 Å². The summed E-state index contributed by atoms with van der Waals surface area (Å²) in [6, 6.07) is 0. The molecule has 0 amide bonds. The van der Waals surface area contributed by atoms with Gasteiger partial charge in [0.2, 0.25) is 0 Å². The molecule has 1 aromatic rings. The Morgan fingerprint density at radius 3 is 2.86 bits per heavy atom. The molecular formula is C15H27N3O2S. The average Bonchev–Trinajstić information content (AvgIpc) is 2.92. The van der Waals surface area contributed by atoms with Crippen molar-refractivity contribution >= 4 is 22.4 Å². The summed E-state index contributed by atoms with van der Waals surface area (Å²) in [7, 11) is 0. The van der Waals surface area contributed by atoms with E-state index in [0.717, 1.165) is 37.0 Å². The number of aryl methyl sites for hydroxylation is 1. The van der Waals surface area contributed by atoms with Crippen molar-refractivity contribution in [3.05, 3.63) is 11.1 Å². The molecule has 0 spiro atoms. The molecule has 0 aliphatic carbocycles. The Morgan fingerprint density at radius 1 is 1.38 bits per heavy atom. The zero-order valence-electron chi connectivity index (χ0n) is 13.4. The van der Waals surface area contributed by atoms with Gasteiger partial charge in [0.25, 0.3) is 0 Å². The Kier molecular flexibility index (Phi) is 9.01. The number of nitrogens with one attached hydrogen (secondary N) is 1. The summed E-state index contributed by atoms with van der Waals surface area (Å²) < 4.78 is 4.91. The predicted molar refractivity (Wildman–Crippen MR) is 88.0 cm³/mol. The lowest BCUT2D eigenvalue weighted by Gasteiger charge is -2.19. The molecule has 0 aromatic carbocycles. The average molecular weight is 313 g/mol. The Bertz CT molecular complexity index is 409. The number of thiazole rings is 1. The second-order valence-corrected chi connectivity index (χ2v) is 5.67. The van der Waals surface area contributed by atoms with E-state index in [9.17, 15) is 4.79 Å². The van der Waals surface area contributed by atoms with Crippen LogP contribution in [0.5, 0.6) is 0 Å². The van der Waals surface area contributed by atoms with Crippen LogP contribution in [0.4, 0.5) is 5.13 Å². The largest absolute Gasteiger partial charge is 0.466 e. The van der Waals surface area contributed by atoms with Gasteiger partial charge in [-0.1, -0.05) is 13.8 Å². The van der Waals surface area contributed by atoms with Crippen molar-refractivity contribution in [1.29, 1.82) is 0 Å². The normalized spacial score (nSPS) is 10.9. The monoisotopic (exact) mass is 313 g/mol. The highest BCUT2D eigenvalue weighted by atomic mass is 32.1. The van der Waals surface area contributed by atoms with E-state index in [4.69, 9.17) is 4.74 Å². The Balaban J connectivity index is 2.26. The molecular weight excluding hydrogens is 286 g/mol. The summed E-state index contributed by atoms with van der Waals surface area (Å²) in [5.74, 6) is -0.154. The third-order valence-electron chi connectivity index (χ3n) is 3.13. The third kappa shape index (κ3) is 7.43. The molecule has 1 heterocycles. The van der Waals surface area contributed by atoms with Gasteiger partial charge in [0.05, 0.1) is 18.7 Å². The van der Waals surface area contributed by atoms with Crippen LogP contribution in [-0.4, -0.2) is 48.6 Å². The molecule has 0 fully saturated rings. The summed E-state index contributed by atoms with van der Waals surface area (Å²) in [6.45, 7) is 10.8. The number of carbonyl (C=O) groups excluding carboxylic acids is 1. The van der Waals surface area contributed by atoms with Crippen LogP contribution in [0.3, 0.4) is 0 Å². The molecule has 0 atom stereocenters. The molecule has 0 saturated carbocycles. The first-order valence-electron chi connectivity index (χ1n) is 7.75. The second-order valence-electron chi connectivity index (χ2n) is 4.81. The summed E-state index contributed by atoms with van der Waals surface area (Å²) >= 11 is 1.59. The molecule has 5 nitrogen and oxygen atoms in total. The first kappa shape index (κ1) is 17.9. The standard InChI is InChI=1S/C15H27N3O2S/c1-4-10-18(5-2)11-9-16-15-17-13(12-21-15)7-8-14(19)20-6-3/h12H,4-11H2,1-3H3,(H,16,17). The molecule has 21 heavy (non-hydrogen) atoms. The number of anilines is 1. The van der Waals surface area contributed by atoms with Crippen LogP contribution in [0.1, 0.15) is 39.3 Å². The maximum Gasteiger partial charge on any atom is 0.306 e. The molecule has 0 aliphatic rings. The van der Waals surface area contributed by atoms with Crippen molar-refractivity contribution < 1.29 is 9.53 Å². The van der Waals surface area contributed by atoms with Crippen LogP contribution < -0.4 is 5.32 Å². The molecule has 1 rings (SSSR count). The highest BCUT2D eigenvalue weighted by molar-refractivity contribution is 7.13. The zero-order chi connectivity index (χ0) is 15.5. The van der Waals surface area contributed by atoms with E-state index in [1.165, 1.54) is 6.42 Å². The predicted octanol–water partition coefficient (Wildman–Crippen LogP) is 2.78. The highest BCUT2D eigenvalue weighted by Gasteiger charge is 2.07. The van der Waals surface area contributed by atoms with Gasteiger partial charge in [0.1, 0.15) is 0 Å². The molecule has 0 unspecified atom stereocenters. The van der Waals surface area contributed by atoms with Crippen LogP contribution in [0.15, 0.2) is 5.38 Å². The van der Waals surface area contributed by atoms with Crippen molar-refractivity contribution in [1.82, 2.24) is 9.88 Å². The van der Waals surface area contributed by atoms with Gasteiger partial charge >= 0.3 is 5.97 Å². The number of likely N-dealkylation sites (N-methyl/N-ethyl adjacent to an activating group) is 1. The van der Waals surface area contributed by atoms with E-state index in [0.29, 0.717) is 19.4 Å². The highest BCUT2D eigenvalue weighted by Crippen LogP contribution is 2.16. The number of esters is 1. The number of hydrogen-bond donors (Lipinski definition) is 1. The maximum atomic E-state index is 11.3. The van der Waals surface area contributed by atoms with Gasteiger partial charge in [-0.15, -0.1) is 11.3 Å². The number of carbonyl (C=O) groups is 1. The number of hydrogen-bond acceptors (Lipinski definition) is 6. The van der Waals surface area contributed by atoms with Crippen molar-refractivity contribution in [2.45, 2.75) is 40.0 Å². The van der Waals surface area contributed by atoms with Gasteiger partial charge in [-0.3, -0.25) is 4.79 Å². The fourth-order valence-electron chi connectivity index (χ4n) is 2.03. The van der Waals surface area contributed by atoms with Crippen molar-refractivity contribution in [2.75, 3.05) is 38.1 Å².